The zero-order valence-corrected chi connectivity index (χ0v) is 20.8. The van der Waals surface area contributed by atoms with E-state index in [1.165, 1.54) is 40.7 Å². The maximum atomic E-state index is 13.2. The number of halogens is 1. The van der Waals surface area contributed by atoms with Crippen molar-refractivity contribution < 1.29 is 17.9 Å². The van der Waals surface area contributed by atoms with Gasteiger partial charge in [-0.25, -0.2) is 8.42 Å². The van der Waals surface area contributed by atoms with E-state index < -0.39 is 15.9 Å². The summed E-state index contributed by atoms with van der Waals surface area (Å²) in [6, 6.07) is 8.49. The fourth-order valence-corrected chi connectivity index (χ4v) is 6.06. The molecule has 0 spiro atoms. The number of aryl methyl sites for hydroxylation is 3. The van der Waals surface area contributed by atoms with E-state index in [2.05, 4.69) is 31.3 Å². The Bertz CT molecular complexity index is 1120. The van der Waals surface area contributed by atoms with Crippen LogP contribution in [-0.2, 0) is 14.8 Å². The van der Waals surface area contributed by atoms with Crippen molar-refractivity contribution >= 4 is 27.5 Å². The smallest absolute Gasteiger partial charge is 0.243 e. The lowest BCUT2D eigenvalue weighted by atomic mass is 9.95. The molecule has 2 aromatic rings. The molecule has 32 heavy (non-hydrogen) atoms. The van der Waals surface area contributed by atoms with Gasteiger partial charge in [-0.15, -0.1) is 0 Å². The summed E-state index contributed by atoms with van der Waals surface area (Å²) < 4.78 is 32.8. The van der Waals surface area contributed by atoms with Crippen LogP contribution in [0.4, 0.5) is 0 Å². The molecule has 0 aliphatic carbocycles. The van der Waals surface area contributed by atoms with Gasteiger partial charge in [0, 0.05) is 13.1 Å². The summed E-state index contributed by atoms with van der Waals surface area (Å²) in [5.41, 5.74) is 4.61. The lowest BCUT2D eigenvalue weighted by molar-refractivity contribution is -0.126. The number of nitrogens with zero attached hydrogens (tertiary/aromatic N) is 1. The number of nitrogens with one attached hydrogen (secondary N) is 1. The van der Waals surface area contributed by atoms with Crippen LogP contribution in [0.1, 0.15) is 48.1 Å². The molecule has 2 atom stereocenters. The summed E-state index contributed by atoms with van der Waals surface area (Å²) in [6.07, 6.45) is 1.28. The molecule has 2 aromatic carbocycles. The molecule has 1 fully saturated rings. The number of carbonyl (C=O) groups excluding carboxylic acids is 1. The average molecular weight is 479 g/mol. The first-order valence-corrected chi connectivity index (χ1v) is 12.6. The van der Waals surface area contributed by atoms with Gasteiger partial charge in [-0.2, -0.15) is 4.31 Å². The highest BCUT2D eigenvalue weighted by molar-refractivity contribution is 7.89. The molecule has 0 bridgehead atoms. The molecular weight excluding hydrogens is 448 g/mol. The molecule has 1 heterocycles. The largest absolute Gasteiger partial charge is 0.495 e. The van der Waals surface area contributed by atoms with Gasteiger partial charge in [0.15, 0.2) is 0 Å². The number of methoxy groups -OCH3 is 1. The molecule has 6 nitrogen and oxygen atoms in total. The van der Waals surface area contributed by atoms with Crippen molar-refractivity contribution in [2.75, 3.05) is 20.2 Å². The van der Waals surface area contributed by atoms with Crippen molar-refractivity contribution in [3.63, 3.8) is 0 Å². The van der Waals surface area contributed by atoms with Gasteiger partial charge in [0.25, 0.3) is 0 Å². The number of carbonyl (C=O) groups is 1. The Morgan fingerprint density at radius 3 is 2.50 bits per heavy atom. The Morgan fingerprint density at radius 1 is 1.16 bits per heavy atom. The van der Waals surface area contributed by atoms with Gasteiger partial charge in [0.1, 0.15) is 5.75 Å². The second-order valence-corrected chi connectivity index (χ2v) is 10.9. The van der Waals surface area contributed by atoms with E-state index in [4.69, 9.17) is 16.3 Å². The van der Waals surface area contributed by atoms with Crippen LogP contribution >= 0.6 is 11.6 Å². The van der Waals surface area contributed by atoms with Crippen molar-refractivity contribution in [3.8, 4) is 5.75 Å². The van der Waals surface area contributed by atoms with Crippen molar-refractivity contribution in [1.82, 2.24) is 9.62 Å². The molecule has 1 aliphatic rings. The standard InChI is InChI=1S/C24H31ClN2O4S/c1-15-11-17(3)21(12-16(15)2)18(4)26-24(28)19-7-6-10-27(14-19)32(29,30)20-8-9-23(31-5)22(25)13-20/h8-9,11-13,18-19H,6-7,10,14H2,1-5H3,(H,26,28)/t18-,19+/m0/s1. The zero-order valence-electron chi connectivity index (χ0n) is 19.2. The van der Waals surface area contributed by atoms with E-state index in [9.17, 15) is 13.2 Å². The number of hydrogen-bond acceptors (Lipinski definition) is 4. The summed E-state index contributed by atoms with van der Waals surface area (Å²) in [5.74, 6) is -0.110. The van der Waals surface area contributed by atoms with Crippen molar-refractivity contribution in [3.05, 3.63) is 57.6 Å². The highest BCUT2D eigenvalue weighted by Crippen LogP contribution is 2.30. The van der Waals surface area contributed by atoms with Crippen LogP contribution in [-0.4, -0.2) is 38.8 Å². The topological polar surface area (TPSA) is 75.7 Å². The van der Waals surface area contributed by atoms with Crippen LogP contribution in [0.15, 0.2) is 35.2 Å². The molecule has 174 valence electrons. The lowest BCUT2D eigenvalue weighted by Crippen LogP contribution is -2.45. The second-order valence-electron chi connectivity index (χ2n) is 8.52. The number of amides is 1. The molecule has 1 amide bonds. The fraction of sp³-hybridized carbons (Fsp3) is 0.458. The van der Waals surface area contributed by atoms with Crippen molar-refractivity contribution in [2.24, 2.45) is 5.92 Å². The SMILES string of the molecule is COc1ccc(S(=O)(=O)N2CCC[C@@H](C(=O)N[C@@H](C)c3cc(C)c(C)cc3C)C2)cc1Cl. The van der Waals surface area contributed by atoms with Crippen LogP contribution in [0.25, 0.3) is 0 Å². The molecule has 3 rings (SSSR count). The lowest BCUT2D eigenvalue weighted by Gasteiger charge is -2.32. The minimum atomic E-state index is -3.76. The van der Waals surface area contributed by atoms with E-state index in [1.807, 2.05) is 13.8 Å². The third kappa shape index (κ3) is 5.11. The van der Waals surface area contributed by atoms with E-state index >= 15 is 0 Å². The summed E-state index contributed by atoms with van der Waals surface area (Å²) >= 11 is 6.13. The number of sulfonamides is 1. The highest BCUT2D eigenvalue weighted by Gasteiger charge is 2.34. The maximum Gasteiger partial charge on any atom is 0.243 e. The molecule has 8 heteroatoms. The zero-order chi connectivity index (χ0) is 23.6. The van der Waals surface area contributed by atoms with Crippen LogP contribution in [0.5, 0.6) is 5.75 Å². The number of rotatable bonds is 6. The Hall–Kier alpha value is -2.09. The second kappa shape index (κ2) is 9.81. The summed E-state index contributed by atoms with van der Waals surface area (Å²) in [4.78, 5) is 13.1. The number of piperidine rings is 1. The van der Waals surface area contributed by atoms with Crippen molar-refractivity contribution in [1.29, 1.82) is 0 Å². The van der Waals surface area contributed by atoms with Gasteiger partial charge < -0.3 is 10.1 Å². The van der Waals surface area contributed by atoms with Gasteiger partial charge in [-0.1, -0.05) is 23.7 Å². The van der Waals surface area contributed by atoms with Gasteiger partial charge in [0.05, 0.1) is 29.0 Å². The first kappa shape index (κ1) is 24.6. The van der Waals surface area contributed by atoms with E-state index in [1.54, 1.807) is 0 Å². The van der Waals surface area contributed by atoms with E-state index in [-0.39, 0.29) is 28.4 Å². The monoisotopic (exact) mass is 478 g/mol. The summed E-state index contributed by atoms with van der Waals surface area (Å²) in [7, 11) is -2.28. The van der Waals surface area contributed by atoms with Crippen LogP contribution in [0, 0.1) is 26.7 Å². The predicted molar refractivity (Wildman–Crippen MR) is 127 cm³/mol. The molecule has 1 saturated heterocycles. The predicted octanol–water partition coefficient (Wildman–Crippen LogP) is 4.55. The normalized spacial score (nSPS) is 18.2. The average Bonchev–Trinajstić information content (AvgIpc) is 2.76. The van der Waals surface area contributed by atoms with Gasteiger partial charge in [0.2, 0.25) is 15.9 Å². The Labute approximate surface area is 196 Å². The minimum absolute atomic E-state index is 0.100. The molecule has 1 N–H and O–H groups in total. The van der Waals surface area contributed by atoms with Crippen LogP contribution in [0.2, 0.25) is 5.02 Å². The van der Waals surface area contributed by atoms with E-state index in [0.29, 0.717) is 25.1 Å². The fourth-order valence-electron chi connectivity index (χ4n) is 4.19. The third-order valence-corrected chi connectivity index (χ3v) is 8.38. The molecule has 0 radical (unpaired) electrons. The number of benzene rings is 2. The summed E-state index contributed by atoms with van der Waals surface area (Å²) in [6.45, 7) is 8.66. The molecule has 1 aliphatic heterocycles. The first-order valence-electron chi connectivity index (χ1n) is 10.8. The molecule has 0 saturated carbocycles. The van der Waals surface area contributed by atoms with Crippen LogP contribution in [0.3, 0.4) is 0 Å². The van der Waals surface area contributed by atoms with Crippen LogP contribution < -0.4 is 10.1 Å². The number of hydrogen-bond donors (Lipinski definition) is 1. The third-order valence-electron chi connectivity index (χ3n) is 6.22. The van der Waals surface area contributed by atoms with Crippen molar-refractivity contribution in [2.45, 2.75) is 51.5 Å². The van der Waals surface area contributed by atoms with Gasteiger partial charge >= 0.3 is 0 Å². The minimum Gasteiger partial charge on any atom is -0.495 e. The Kier molecular flexibility index (Phi) is 7.53. The first-order chi connectivity index (χ1) is 15.0. The maximum absolute atomic E-state index is 13.2. The number of ether oxygens (including phenoxy) is 1. The van der Waals surface area contributed by atoms with Gasteiger partial charge in [-0.3, -0.25) is 4.79 Å². The van der Waals surface area contributed by atoms with Gasteiger partial charge in [-0.05, 0) is 81.0 Å². The Morgan fingerprint density at radius 2 is 1.84 bits per heavy atom. The Balaban J connectivity index is 1.73. The quantitative estimate of drug-likeness (QED) is 0.660. The summed E-state index contributed by atoms with van der Waals surface area (Å²) in [5, 5.41) is 3.33. The molecule has 0 unspecified atom stereocenters. The highest BCUT2D eigenvalue weighted by atomic mass is 35.5. The van der Waals surface area contributed by atoms with E-state index in [0.717, 1.165) is 11.1 Å². The molecular formula is C24H31ClN2O4S. The molecule has 0 aromatic heterocycles.